The molecular weight excluding hydrogens is 265 g/mol. The van der Waals surface area contributed by atoms with Gasteiger partial charge in [0.1, 0.15) is 11.6 Å². The maximum Gasteiger partial charge on any atom is 0.148 e. The highest BCUT2D eigenvalue weighted by Crippen LogP contribution is 2.32. The van der Waals surface area contributed by atoms with Gasteiger partial charge in [-0.05, 0) is 15.9 Å². The monoisotopic (exact) mass is 273 g/mol. The predicted molar refractivity (Wildman–Crippen MR) is 54.8 cm³/mol. The van der Waals surface area contributed by atoms with Gasteiger partial charge in [-0.1, -0.05) is 0 Å². The van der Waals surface area contributed by atoms with Crippen LogP contribution in [-0.4, -0.2) is 17.4 Å². The summed E-state index contributed by atoms with van der Waals surface area (Å²) in [6.07, 6.45) is 2.80. The van der Waals surface area contributed by atoms with Crippen LogP contribution < -0.4 is 0 Å². The predicted octanol–water partition coefficient (Wildman–Crippen LogP) is 2.40. The first-order valence-electron chi connectivity index (χ1n) is 4.60. The van der Waals surface area contributed by atoms with Crippen molar-refractivity contribution in [1.29, 1.82) is 0 Å². The second-order valence-electron chi connectivity index (χ2n) is 3.37. The Labute approximate surface area is 94.8 Å². The van der Waals surface area contributed by atoms with Crippen molar-refractivity contribution >= 4 is 21.7 Å². The summed E-state index contributed by atoms with van der Waals surface area (Å²) in [7, 11) is 0. The molecule has 0 N–H and O–H groups in total. The van der Waals surface area contributed by atoms with Crippen LogP contribution >= 0.6 is 15.9 Å². The lowest BCUT2D eigenvalue weighted by molar-refractivity contribution is -0.128. The van der Waals surface area contributed by atoms with E-state index in [1.54, 1.807) is 0 Å². The molecule has 1 saturated heterocycles. The molecule has 0 saturated carbocycles. The summed E-state index contributed by atoms with van der Waals surface area (Å²) < 4.78 is 19.4. The molecule has 0 radical (unpaired) electrons. The van der Waals surface area contributed by atoms with E-state index in [4.69, 9.17) is 4.74 Å². The molecule has 1 aromatic heterocycles. The third-order valence-electron chi connectivity index (χ3n) is 2.33. The second kappa shape index (κ2) is 4.37. The van der Waals surface area contributed by atoms with Gasteiger partial charge in [-0.3, -0.25) is 9.78 Å². The van der Waals surface area contributed by atoms with Gasteiger partial charge in [0.25, 0.3) is 0 Å². The van der Waals surface area contributed by atoms with Gasteiger partial charge in [-0.2, -0.15) is 0 Å². The van der Waals surface area contributed by atoms with Crippen LogP contribution in [-0.2, 0) is 9.53 Å². The van der Waals surface area contributed by atoms with E-state index in [0.29, 0.717) is 23.1 Å². The van der Waals surface area contributed by atoms with Crippen molar-refractivity contribution in [2.24, 2.45) is 0 Å². The summed E-state index contributed by atoms with van der Waals surface area (Å²) in [5.74, 6) is -0.335. The van der Waals surface area contributed by atoms with Crippen LogP contribution in [0.3, 0.4) is 0 Å². The molecule has 1 fully saturated rings. The number of pyridine rings is 1. The average Bonchev–Trinajstić information content (AvgIpc) is 2.17. The molecule has 3 nitrogen and oxygen atoms in total. The van der Waals surface area contributed by atoms with Crippen LogP contribution in [0.5, 0.6) is 0 Å². The van der Waals surface area contributed by atoms with Crippen LogP contribution in [0, 0.1) is 5.82 Å². The molecule has 2 heterocycles. The molecule has 1 atom stereocenters. The van der Waals surface area contributed by atoms with Crippen LogP contribution in [0.4, 0.5) is 4.39 Å². The van der Waals surface area contributed by atoms with Crippen LogP contribution in [0.1, 0.15) is 24.5 Å². The molecular formula is C10H9BrFNO2. The Morgan fingerprint density at radius 3 is 3.00 bits per heavy atom. The van der Waals surface area contributed by atoms with Gasteiger partial charge in [-0.25, -0.2) is 4.39 Å². The second-order valence-corrected chi connectivity index (χ2v) is 4.22. The lowest BCUT2D eigenvalue weighted by atomic mass is 10.0. The highest BCUT2D eigenvalue weighted by molar-refractivity contribution is 9.10. The molecule has 1 aliphatic heterocycles. The molecule has 0 spiro atoms. The summed E-state index contributed by atoms with van der Waals surface area (Å²) in [6, 6.07) is 0. The largest absolute Gasteiger partial charge is 0.372 e. The quantitative estimate of drug-likeness (QED) is 0.789. The number of hydrogen-bond donors (Lipinski definition) is 0. The molecule has 15 heavy (non-hydrogen) atoms. The smallest absolute Gasteiger partial charge is 0.148 e. The van der Waals surface area contributed by atoms with Crippen molar-refractivity contribution in [3.63, 3.8) is 0 Å². The minimum Gasteiger partial charge on any atom is -0.372 e. The van der Waals surface area contributed by atoms with E-state index >= 15 is 0 Å². The third-order valence-corrected chi connectivity index (χ3v) is 2.96. The summed E-state index contributed by atoms with van der Waals surface area (Å²) in [5.41, 5.74) is 0.387. The summed E-state index contributed by atoms with van der Waals surface area (Å²) in [5, 5.41) is 0. The van der Waals surface area contributed by atoms with E-state index in [2.05, 4.69) is 20.9 Å². The lowest BCUT2D eigenvalue weighted by Gasteiger charge is -2.23. The van der Waals surface area contributed by atoms with E-state index in [-0.39, 0.29) is 12.2 Å². The normalized spacial score (nSPS) is 21.7. The number of ketones is 1. The minimum atomic E-state index is -0.483. The maximum atomic E-state index is 13.5. The zero-order valence-corrected chi connectivity index (χ0v) is 9.46. The molecule has 1 aliphatic rings. The number of Topliss-reactive ketones (excluding diaryl/α,β-unsaturated/α-hetero) is 1. The molecule has 2 rings (SSSR count). The van der Waals surface area contributed by atoms with Crippen molar-refractivity contribution < 1.29 is 13.9 Å². The van der Waals surface area contributed by atoms with E-state index in [0.717, 1.165) is 6.20 Å². The first-order chi connectivity index (χ1) is 7.18. The number of halogens is 2. The third kappa shape index (κ3) is 2.23. The van der Waals surface area contributed by atoms with Crippen molar-refractivity contribution in [2.45, 2.75) is 18.9 Å². The van der Waals surface area contributed by atoms with Gasteiger partial charge in [0.05, 0.1) is 18.9 Å². The minimum absolute atomic E-state index is 0.106. The molecule has 1 aromatic rings. The van der Waals surface area contributed by atoms with E-state index in [9.17, 15) is 9.18 Å². The Kier molecular flexibility index (Phi) is 3.11. The fraction of sp³-hybridized carbons (Fsp3) is 0.400. The van der Waals surface area contributed by atoms with E-state index in [1.807, 2.05) is 0 Å². The van der Waals surface area contributed by atoms with E-state index in [1.165, 1.54) is 6.20 Å². The summed E-state index contributed by atoms with van der Waals surface area (Å²) >= 11 is 3.21. The number of carbonyl (C=O) groups excluding carboxylic acids is 1. The fourth-order valence-electron chi connectivity index (χ4n) is 1.60. The Morgan fingerprint density at radius 1 is 1.53 bits per heavy atom. The Morgan fingerprint density at radius 2 is 2.33 bits per heavy atom. The number of aromatic nitrogens is 1. The summed E-state index contributed by atoms with van der Waals surface area (Å²) in [6.45, 7) is 0.359. The van der Waals surface area contributed by atoms with Gasteiger partial charge >= 0.3 is 0 Å². The first kappa shape index (κ1) is 10.7. The fourth-order valence-corrected chi connectivity index (χ4v) is 2.16. The Bertz CT molecular complexity index is 377. The van der Waals surface area contributed by atoms with Gasteiger partial charge in [0.15, 0.2) is 0 Å². The van der Waals surface area contributed by atoms with Crippen LogP contribution in [0.25, 0.3) is 0 Å². The van der Waals surface area contributed by atoms with Gasteiger partial charge in [0, 0.05) is 29.1 Å². The SMILES string of the molecule is O=C1CCOC(c2c(F)cncc2Br)C1. The van der Waals surface area contributed by atoms with Crippen molar-refractivity contribution in [2.75, 3.05) is 6.61 Å². The van der Waals surface area contributed by atoms with Crippen molar-refractivity contribution in [3.05, 3.63) is 28.2 Å². The lowest BCUT2D eigenvalue weighted by Crippen LogP contribution is -2.20. The average molecular weight is 274 g/mol. The Hall–Kier alpha value is -0.810. The number of ether oxygens (including phenoxy) is 1. The molecule has 0 amide bonds. The maximum absolute atomic E-state index is 13.5. The molecule has 5 heteroatoms. The standard InChI is InChI=1S/C10H9BrFNO2/c11-7-4-13-5-8(12)10(7)9-3-6(14)1-2-15-9/h4-5,9H,1-3H2. The number of hydrogen-bond acceptors (Lipinski definition) is 3. The molecule has 0 aliphatic carbocycles. The summed E-state index contributed by atoms with van der Waals surface area (Å²) in [4.78, 5) is 14.9. The molecule has 0 aromatic carbocycles. The zero-order chi connectivity index (χ0) is 10.8. The highest BCUT2D eigenvalue weighted by Gasteiger charge is 2.26. The van der Waals surface area contributed by atoms with Gasteiger partial charge < -0.3 is 4.74 Å². The Balaban J connectivity index is 2.32. The molecule has 0 bridgehead atoms. The van der Waals surface area contributed by atoms with Crippen LogP contribution in [0.15, 0.2) is 16.9 Å². The zero-order valence-electron chi connectivity index (χ0n) is 7.87. The number of nitrogens with zero attached hydrogens (tertiary/aromatic N) is 1. The number of carbonyl (C=O) groups is 1. The van der Waals surface area contributed by atoms with Crippen LogP contribution in [0.2, 0.25) is 0 Å². The van der Waals surface area contributed by atoms with Gasteiger partial charge in [-0.15, -0.1) is 0 Å². The van der Waals surface area contributed by atoms with E-state index < -0.39 is 11.9 Å². The van der Waals surface area contributed by atoms with Crippen molar-refractivity contribution in [3.8, 4) is 0 Å². The van der Waals surface area contributed by atoms with Gasteiger partial charge in [0.2, 0.25) is 0 Å². The first-order valence-corrected chi connectivity index (χ1v) is 5.40. The van der Waals surface area contributed by atoms with Crippen molar-refractivity contribution in [1.82, 2.24) is 4.98 Å². The molecule has 80 valence electrons. The molecule has 1 unspecified atom stereocenters. The topological polar surface area (TPSA) is 39.2 Å². The number of rotatable bonds is 1. The highest BCUT2D eigenvalue weighted by atomic mass is 79.9.